The van der Waals surface area contributed by atoms with Crippen LogP contribution in [0.4, 0.5) is 0 Å². The Morgan fingerprint density at radius 2 is 2.11 bits per heavy atom. The molecule has 0 bridgehead atoms. The normalized spacial score (nSPS) is 22.1. The lowest BCUT2D eigenvalue weighted by molar-refractivity contribution is -0.122. The molecule has 94 valence electrons. The second kappa shape index (κ2) is 4.81. The van der Waals surface area contributed by atoms with E-state index >= 15 is 0 Å². The lowest BCUT2D eigenvalue weighted by atomic mass is 9.96. The van der Waals surface area contributed by atoms with Gasteiger partial charge in [-0.3, -0.25) is 4.79 Å². The molecule has 1 saturated carbocycles. The van der Waals surface area contributed by atoms with E-state index in [1.165, 1.54) is 5.56 Å². The molecular formula is C15H18N2O. The lowest BCUT2D eigenvalue weighted by Crippen LogP contribution is -2.34. The molecule has 0 radical (unpaired) electrons. The number of hydrogen-bond acceptors (Lipinski definition) is 2. The number of hydrogen-bond donors (Lipinski definition) is 1. The van der Waals surface area contributed by atoms with Crippen molar-refractivity contribution in [1.29, 1.82) is 5.26 Å². The van der Waals surface area contributed by atoms with Crippen LogP contribution in [0.3, 0.4) is 0 Å². The molecule has 1 aliphatic rings. The molecule has 2 atom stereocenters. The van der Waals surface area contributed by atoms with Gasteiger partial charge >= 0.3 is 0 Å². The molecular weight excluding hydrogens is 224 g/mol. The number of nitriles is 1. The zero-order chi connectivity index (χ0) is 13.2. The summed E-state index contributed by atoms with van der Waals surface area (Å²) in [6, 6.07) is 12.3. The molecule has 18 heavy (non-hydrogen) atoms. The molecule has 1 amide bonds. The van der Waals surface area contributed by atoms with Gasteiger partial charge in [-0.05, 0) is 31.7 Å². The molecule has 3 nitrogen and oxygen atoms in total. The first kappa shape index (κ1) is 12.6. The molecule has 0 saturated heterocycles. The highest BCUT2D eigenvalue weighted by Gasteiger charge is 2.43. The summed E-state index contributed by atoms with van der Waals surface area (Å²) in [5.74, 6) is 0.519. The molecule has 1 aromatic rings. The van der Waals surface area contributed by atoms with E-state index < -0.39 is 5.41 Å². The summed E-state index contributed by atoms with van der Waals surface area (Å²) in [5, 5.41) is 11.8. The lowest BCUT2D eigenvalue weighted by Gasteiger charge is -2.15. The molecule has 0 aliphatic heterocycles. The number of benzene rings is 1. The van der Waals surface area contributed by atoms with Crippen molar-refractivity contribution >= 4 is 5.91 Å². The van der Waals surface area contributed by atoms with E-state index in [9.17, 15) is 4.79 Å². The zero-order valence-corrected chi connectivity index (χ0v) is 10.8. The summed E-state index contributed by atoms with van der Waals surface area (Å²) in [4.78, 5) is 11.9. The Morgan fingerprint density at radius 3 is 2.72 bits per heavy atom. The first-order chi connectivity index (χ1) is 8.53. The molecule has 0 heterocycles. The van der Waals surface area contributed by atoms with Gasteiger partial charge in [0.2, 0.25) is 5.91 Å². The van der Waals surface area contributed by atoms with Crippen molar-refractivity contribution in [3.63, 3.8) is 0 Å². The predicted octanol–water partition coefficient (Wildman–Crippen LogP) is 2.46. The van der Waals surface area contributed by atoms with Crippen LogP contribution in [0.15, 0.2) is 30.3 Å². The number of rotatable bonds is 4. The third-order valence-electron chi connectivity index (χ3n) is 3.36. The fraction of sp³-hybridized carbons (Fsp3) is 0.467. The van der Waals surface area contributed by atoms with Crippen LogP contribution >= 0.6 is 0 Å². The Kier molecular flexibility index (Phi) is 3.38. The van der Waals surface area contributed by atoms with Crippen LogP contribution in [-0.4, -0.2) is 12.5 Å². The SMILES string of the molecule is CC(C)(C#N)CNC(=O)C1CC1c1ccccc1. The highest BCUT2D eigenvalue weighted by molar-refractivity contribution is 5.82. The summed E-state index contributed by atoms with van der Waals surface area (Å²) in [6.07, 6.45) is 0.919. The van der Waals surface area contributed by atoms with E-state index in [1.54, 1.807) is 0 Å². The Labute approximate surface area is 108 Å². The third-order valence-corrected chi connectivity index (χ3v) is 3.36. The maximum absolute atomic E-state index is 11.9. The van der Waals surface area contributed by atoms with Crippen LogP contribution in [-0.2, 0) is 4.79 Å². The van der Waals surface area contributed by atoms with Gasteiger partial charge in [0.1, 0.15) is 0 Å². The van der Waals surface area contributed by atoms with E-state index in [1.807, 2.05) is 32.0 Å². The van der Waals surface area contributed by atoms with Crippen LogP contribution in [0, 0.1) is 22.7 Å². The smallest absolute Gasteiger partial charge is 0.223 e. The first-order valence-electron chi connectivity index (χ1n) is 6.27. The van der Waals surface area contributed by atoms with Crippen LogP contribution < -0.4 is 5.32 Å². The van der Waals surface area contributed by atoms with E-state index in [2.05, 4.69) is 23.5 Å². The van der Waals surface area contributed by atoms with E-state index in [0.29, 0.717) is 12.5 Å². The molecule has 1 aromatic carbocycles. The van der Waals surface area contributed by atoms with Crippen molar-refractivity contribution in [2.45, 2.75) is 26.2 Å². The van der Waals surface area contributed by atoms with E-state index in [4.69, 9.17) is 5.26 Å². The van der Waals surface area contributed by atoms with Crippen LogP contribution in [0.5, 0.6) is 0 Å². The average Bonchev–Trinajstić information content (AvgIpc) is 3.17. The highest BCUT2D eigenvalue weighted by atomic mass is 16.2. The highest BCUT2D eigenvalue weighted by Crippen LogP contribution is 2.47. The fourth-order valence-electron chi connectivity index (χ4n) is 2.03. The molecule has 1 aliphatic carbocycles. The second-order valence-corrected chi connectivity index (χ2v) is 5.57. The van der Waals surface area contributed by atoms with Crippen molar-refractivity contribution in [2.24, 2.45) is 11.3 Å². The van der Waals surface area contributed by atoms with Gasteiger partial charge in [0, 0.05) is 12.5 Å². The van der Waals surface area contributed by atoms with Gasteiger partial charge in [-0.15, -0.1) is 0 Å². The van der Waals surface area contributed by atoms with Gasteiger partial charge in [-0.2, -0.15) is 5.26 Å². The van der Waals surface area contributed by atoms with Crippen molar-refractivity contribution < 1.29 is 4.79 Å². The van der Waals surface area contributed by atoms with Crippen molar-refractivity contribution in [1.82, 2.24) is 5.32 Å². The number of carbonyl (C=O) groups excluding carboxylic acids is 1. The molecule has 1 N–H and O–H groups in total. The first-order valence-corrected chi connectivity index (χ1v) is 6.27. The van der Waals surface area contributed by atoms with Gasteiger partial charge in [-0.1, -0.05) is 30.3 Å². The molecule has 2 rings (SSSR count). The Bertz CT molecular complexity index is 473. The van der Waals surface area contributed by atoms with Gasteiger partial charge in [0.25, 0.3) is 0 Å². The van der Waals surface area contributed by atoms with Gasteiger partial charge in [0.05, 0.1) is 11.5 Å². The quantitative estimate of drug-likeness (QED) is 0.881. The third kappa shape index (κ3) is 2.89. The summed E-state index contributed by atoms with van der Waals surface area (Å²) in [6.45, 7) is 4.07. The number of amides is 1. The fourth-order valence-corrected chi connectivity index (χ4v) is 2.03. The van der Waals surface area contributed by atoms with Gasteiger partial charge < -0.3 is 5.32 Å². The van der Waals surface area contributed by atoms with E-state index in [-0.39, 0.29) is 11.8 Å². The summed E-state index contributed by atoms with van der Waals surface area (Å²) in [5.41, 5.74) is 0.740. The number of carbonyl (C=O) groups is 1. The molecule has 0 aromatic heterocycles. The zero-order valence-electron chi connectivity index (χ0n) is 10.8. The Balaban J connectivity index is 1.86. The van der Waals surface area contributed by atoms with Gasteiger partial charge in [0.15, 0.2) is 0 Å². The molecule has 0 spiro atoms. The number of nitrogens with zero attached hydrogens (tertiary/aromatic N) is 1. The molecule has 3 heteroatoms. The largest absolute Gasteiger partial charge is 0.354 e. The van der Waals surface area contributed by atoms with Crippen LogP contribution in [0.2, 0.25) is 0 Å². The summed E-state index contributed by atoms with van der Waals surface area (Å²) in [7, 11) is 0. The monoisotopic (exact) mass is 242 g/mol. The standard InChI is InChI=1S/C15H18N2O/c1-15(2,9-16)10-17-14(18)13-8-12(13)11-6-4-3-5-7-11/h3-7,12-13H,8,10H2,1-2H3,(H,17,18). The minimum Gasteiger partial charge on any atom is -0.354 e. The minimum atomic E-state index is -0.493. The maximum atomic E-state index is 11.9. The predicted molar refractivity (Wildman–Crippen MR) is 69.7 cm³/mol. The molecule has 1 fully saturated rings. The van der Waals surface area contributed by atoms with Crippen LogP contribution in [0.25, 0.3) is 0 Å². The van der Waals surface area contributed by atoms with Gasteiger partial charge in [-0.25, -0.2) is 0 Å². The van der Waals surface area contributed by atoms with Crippen molar-refractivity contribution in [2.75, 3.05) is 6.54 Å². The maximum Gasteiger partial charge on any atom is 0.223 e. The Hall–Kier alpha value is -1.82. The average molecular weight is 242 g/mol. The van der Waals surface area contributed by atoms with E-state index in [0.717, 1.165) is 6.42 Å². The second-order valence-electron chi connectivity index (χ2n) is 5.57. The number of nitrogens with one attached hydrogen (secondary N) is 1. The minimum absolute atomic E-state index is 0.0761. The Morgan fingerprint density at radius 1 is 1.44 bits per heavy atom. The summed E-state index contributed by atoms with van der Waals surface area (Å²) >= 11 is 0. The van der Waals surface area contributed by atoms with Crippen molar-refractivity contribution in [3.05, 3.63) is 35.9 Å². The van der Waals surface area contributed by atoms with Crippen molar-refractivity contribution in [3.8, 4) is 6.07 Å². The molecule has 2 unspecified atom stereocenters. The topological polar surface area (TPSA) is 52.9 Å². The summed E-state index contributed by atoms with van der Waals surface area (Å²) < 4.78 is 0. The van der Waals surface area contributed by atoms with Crippen LogP contribution in [0.1, 0.15) is 31.7 Å².